The Labute approximate surface area is 83.5 Å². The van der Waals surface area contributed by atoms with Crippen LogP contribution >= 0.6 is 0 Å². The zero-order chi connectivity index (χ0) is 10.6. The summed E-state index contributed by atoms with van der Waals surface area (Å²) in [5.74, 6) is -1.16. The van der Waals surface area contributed by atoms with Gasteiger partial charge in [0.2, 0.25) is 5.91 Å². The number of carbonyl (C=O) groups excluding carboxylic acids is 2. The van der Waals surface area contributed by atoms with Crippen molar-refractivity contribution in [3.8, 4) is 0 Å². The van der Waals surface area contributed by atoms with Gasteiger partial charge in [-0.05, 0) is 18.8 Å². The van der Waals surface area contributed by atoms with Crippen LogP contribution in [-0.2, 0) is 9.59 Å². The van der Waals surface area contributed by atoms with E-state index >= 15 is 0 Å². The molecule has 0 heterocycles. The summed E-state index contributed by atoms with van der Waals surface area (Å²) in [6.07, 6.45) is 4.23. The Morgan fingerprint density at radius 1 is 1.36 bits per heavy atom. The molecule has 0 bridgehead atoms. The van der Waals surface area contributed by atoms with Gasteiger partial charge in [-0.3, -0.25) is 4.79 Å². The van der Waals surface area contributed by atoms with Crippen LogP contribution in [0.1, 0.15) is 32.1 Å². The summed E-state index contributed by atoms with van der Waals surface area (Å²) in [7, 11) is 0. The van der Waals surface area contributed by atoms with Gasteiger partial charge < -0.3 is 15.6 Å². The number of primary amides is 1. The molecule has 0 aromatic rings. The van der Waals surface area contributed by atoms with E-state index in [1.54, 1.807) is 0 Å². The summed E-state index contributed by atoms with van der Waals surface area (Å²) in [4.78, 5) is 21.5. The summed E-state index contributed by atoms with van der Waals surface area (Å²) in [5.41, 5.74) is 5.19. The van der Waals surface area contributed by atoms with Crippen molar-refractivity contribution in [2.75, 3.05) is 0 Å². The number of carbonyl (C=O) groups is 2. The second-order valence-corrected chi connectivity index (χ2v) is 3.95. The molecule has 1 fully saturated rings. The van der Waals surface area contributed by atoms with Crippen molar-refractivity contribution in [3.05, 3.63) is 0 Å². The number of hydrogen-bond donors (Lipinski definition) is 2. The van der Waals surface area contributed by atoms with Crippen LogP contribution in [0, 0.1) is 11.8 Å². The first kappa shape index (κ1) is 11.2. The second kappa shape index (κ2) is 5.10. The van der Waals surface area contributed by atoms with Crippen LogP contribution in [0.4, 0.5) is 0 Å². The molecule has 0 aromatic carbocycles. The van der Waals surface area contributed by atoms with Gasteiger partial charge in [0, 0.05) is 0 Å². The second-order valence-electron chi connectivity index (χ2n) is 3.95. The molecule has 3 N–H and O–H groups in total. The highest BCUT2D eigenvalue weighted by molar-refractivity contribution is 5.81. The van der Waals surface area contributed by atoms with Gasteiger partial charge >= 0.3 is 0 Å². The van der Waals surface area contributed by atoms with Crippen LogP contribution in [0.3, 0.4) is 0 Å². The third kappa shape index (κ3) is 2.54. The molecule has 14 heavy (non-hydrogen) atoms. The maximum absolute atomic E-state index is 11.1. The predicted molar refractivity (Wildman–Crippen MR) is 51.3 cm³/mol. The van der Waals surface area contributed by atoms with Crippen LogP contribution in [0.2, 0.25) is 0 Å². The minimum absolute atomic E-state index is 0.0847. The smallest absolute Gasteiger partial charge is 0.223 e. The lowest BCUT2D eigenvalue weighted by molar-refractivity contribution is -0.133. The molecule has 0 aromatic heterocycles. The van der Waals surface area contributed by atoms with E-state index in [9.17, 15) is 14.7 Å². The zero-order valence-electron chi connectivity index (χ0n) is 8.19. The summed E-state index contributed by atoms with van der Waals surface area (Å²) in [6.45, 7) is 0. The molecule has 1 rings (SSSR count). The van der Waals surface area contributed by atoms with Crippen molar-refractivity contribution < 1.29 is 14.7 Å². The molecule has 2 atom stereocenters. The molecule has 0 aliphatic heterocycles. The fraction of sp³-hybridized carbons (Fsp3) is 0.800. The van der Waals surface area contributed by atoms with Gasteiger partial charge in [0.1, 0.15) is 12.4 Å². The molecule has 1 aliphatic rings. The van der Waals surface area contributed by atoms with Crippen LogP contribution in [0.15, 0.2) is 0 Å². The first-order chi connectivity index (χ1) is 6.66. The number of aliphatic hydroxyl groups excluding tert-OH is 1. The average molecular weight is 199 g/mol. The monoisotopic (exact) mass is 199 g/mol. The lowest BCUT2D eigenvalue weighted by atomic mass is 9.77. The van der Waals surface area contributed by atoms with Gasteiger partial charge in [-0.15, -0.1) is 0 Å². The normalized spacial score (nSPS) is 22.6. The van der Waals surface area contributed by atoms with Crippen molar-refractivity contribution in [1.82, 2.24) is 0 Å². The van der Waals surface area contributed by atoms with Crippen LogP contribution < -0.4 is 5.73 Å². The summed E-state index contributed by atoms with van der Waals surface area (Å²) >= 11 is 0. The first-order valence-electron chi connectivity index (χ1n) is 5.09. The Kier molecular flexibility index (Phi) is 4.07. The van der Waals surface area contributed by atoms with Crippen molar-refractivity contribution in [2.24, 2.45) is 17.6 Å². The van der Waals surface area contributed by atoms with Crippen molar-refractivity contribution >= 4 is 12.2 Å². The first-order valence-corrected chi connectivity index (χ1v) is 5.09. The topological polar surface area (TPSA) is 80.4 Å². The van der Waals surface area contributed by atoms with Crippen molar-refractivity contribution in [3.63, 3.8) is 0 Å². The van der Waals surface area contributed by atoms with E-state index in [0.29, 0.717) is 6.29 Å². The Morgan fingerprint density at radius 3 is 2.36 bits per heavy atom. The van der Waals surface area contributed by atoms with Gasteiger partial charge in [0.25, 0.3) is 0 Å². The SMILES string of the molecule is NC(=O)C(C(O)C=O)C1CCCCC1. The van der Waals surface area contributed by atoms with Gasteiger partial charge in [-0.2, -0.15) is 0 Å². The molecule has 4 nitrogen and oxygen atoms in total. The Morgan fingerprint density at radius 2 is 1.93 bits per heavy atom. The highest BCUT2D eigenvalue weighted by atomic mass is 16.3. The van der Waals surface area contributed by atoms with Crippen LogP contribution in [-0.4, -0.2) is 23.4 Å². The third-order valence-corrected chi connectivity index (χ3v) is 2.99. The maximum atomic E-state index is 11.1. The number of aldehydes is 1. The van der Waals surface area contributed by atoms with Crippen LogP contribution in [0.25, 0.3) is 0 Å². The van der Waals surface area contributed by atoms with Gasteiger partial charge in [0.05, 0.1) is 5.92 Å². The number of hydrogen-bond acceptors (Lipinski definition) is 3. The Bertz CT molecular complexity index is 211. The minimum Gasteiger partial charge on any atom is -0.385 e. The fourth-order valence-electron chi connectivity index (χ4n) is 2.26. The van der Waals surface area contributed by atoms with Crippen molar-refractivity contribution in [2.45, 2.75) is 38.2 Å². The highest BCUT2D eigenvalue weighted by Crippen LogP contribution is 2.31. The highest BCUT2D eigenvalue weighted by Gasteiger charge is 2.33. The van der Waals surface area contributed by atoms with E-state index in [4.69, 9.17) is 5.73 Å². The van der Waals surface area contributed by atoms with Gasteiger partial charge in [-0.1, -0.05) is 19.3 Å². The van der Waals surface area contributed by atoms with E-state index in [2.05, 4.69) is 0 Å². The number of rotatable bonds is 4. The lowest BCUT2D eigenvalue weighted by Gasteiger charge is -2.29. The molecule has 0 spiro atoms. The fourth-order valence-corrected chi connectivity index (χ4v) is 2.26. The lowest BCUT2D eigenvalue weighted by Crippen LogP contribution is -2.40. The van der Waals surface area contributed by atoms with Gasteiger partial charge in [-0.25, -0.2) is 0 Å². The summed E-state index contributed by atoms with van der Waals surface area (Å²) < 4.78 is 0. The quantitative estimate of drug-likeness (QED) is 0.636. The maximum Gasteiger partial charge on any atom is 0.223 e. The Hall–Kier alpha value is -0.900. The molecule has 0 saturated heterocycles. The van der Waals surface area contributed by atoms with Crippen molar-refractivity contribution in [1.29, 1.82) is 0 Å². The Balaban J connectivity index is 2.65. The van der Waals surface area contributed by atoms with E-state index < -0.39 is 17.9 Å². The van der Waals surface area contributed by atoms with E-state index in [1.807, 2.05) is 0 Å². The molecule has 1 amide bonds. The molecule has 0 radical (unpaired) electrons. The average Bonchev–Trinajstić information content (AvgIpc) is 2.19. The molecule has 2 unspecified atom stereocenters. The molecule has 1 aliphatic carbocycles. The minimum atomic E-state index is -1.23. The predicted octanol–water partition coefficient (Wildman–Crippen LogP) is 0.228. The number of nitrogens with two attached hydrogens (primary N) is 1. The largest absolute Gasteiger partial charge is 0.385 e. The molecule has 4 heteroatoms. The van der Waals surface area contributed by atoms with Gasteiger partial charge in [0.15, 0.2) is 0 Å². The molecular weight excluding hydrogens is 182 g/mol. The zero-order valence-corrected chi connectivity index (χ0v) is 8.19. The van der Waals surface area contributed by atoms with E-state index in [0.717, 1.165) is 25.7 Å². The molecular formula is C10H17NO3. The molecule has 1 saturated carbocycles. The summed E-state index contributed by atoms with van der Waals surface area (Å²) in [6, 6.07) is 0. The number of amides is 1. The third-order valence-electron chi connectivity index (χ3n) is 2.99. The molecule has 80 valence electrons. The number of aliphatic hydroxyl groups is 1. The standard InChI is InChI=1S/C10H17NO3/c11-10(14)9(8(13)6-12)7-4-2-1-3-5-7/h6-9,13H,1-5H2,(H2,11,14). The van der Waals surface area contributed by atoms with E-state index in [-0.39, 0.29) is 5.92 Å². The van der Waals surface area contributed by atoms with E-state index in [1.165, 1.54) is 6.42 Å². The van der Waals surface area contributed by atoms with Crippen LogP contribution in [0.5, 0.6) is 0 Å². The summed E-state index contributed by atoms with van der Waals surface area (Å²) in [5, 5.41) is 9.37.